The normalized spacial score (nSPS) is 11.0. The summed E-state index contributed by atoms with van der Waals surface area (Å²) in [4.78, 5) is 46.1. The highest BCUT2D eigenvalue weighted by Gasteiger charge is 2.19. The molecule has 0 saturated carbocycles. The SMILES string of the molecule is CCOc1ccc(C(=O)NCC(=O)OC(C)C(=O)NC(=O)NC)cc1. The average molecular weight is 351 g/mol. The van der Waals surface area contributed by atoms with Crippen LogP contribution in [-0.4, -0.2) is 50.1 Å². The van der Waals surface area contributed by atoms with Crippen molar-refractivity contribution in [2.75, 3.05) is 20.2 Å². The average Bonchev–Trinajstić information content (AvgIpc) is 2.60. The number of rotatable bonds is 7. The zero-order valence-corrected chi connectivity index (χ0v) is 14.3. The van der Waals surface area contributed by atoms with Crippen molar-refractivity contribution in [2.24, 2.45) is 0 Å². The van der Waals surface area contributed by atoms with Crippen molar-refractivity contribution >= 4 is 23.8 Å². The van der Waals surface area contributed by atoms with Gasteiger partial charge in [-0.3, -0.25) is 19.7 Å². The molecule has 0 aliphatic rings. The predicted molar refractivity (Wildman–Crippen MR) is 88.1 cm³/mol. The van der Waals surface area contributed by atoms with Crippen molar-refractivity contribution in [3.05, 3.63) is 29.8 Å². The number of ether oxygens (including phenoxy) is 2. The van der Waals surface area contributed by atoms with Gasteiger partial charge in [0.2, 0.25) is 0 Å². The highest BCUT2D eigenvalue weighted by Crippen LogP contribution is 2.11. The van der Waals surface area contributed by atoms with Gasteiger partial charge in [0.15, 0.2) is 6.10 Å². The number of carbonyl (C=O) groups is 4. The van der Waals surface area contributed by atoms with Gasteiger partial charge in [0.1, 0.15) is 12.3 Å². The molecule has 9 nitrogen and oxygen atoms in total. The van der Waals surface area contributed by atoms with Gasteiger partial charge in [-0.05, 0) is 38.1 Å². The van der Waals surface area contributed by atoms with Crippen LogP contribution in [0.2, 0.25) is 0 Å². The number of benzene rings is 1. The summed E-state index contributed by atoms with van der Waals surface area (Å²) in [5, 5.41) is 6.55. The van der Waals surface area contributed by atoms with Gasteiger partial charge >= 0.3 is 12.0 Å². The molecule has 0 aromatic heterocycles. The van der Waals surface area contributed by atoms with Gasteiger partial charge in [0, 0.05) is 12.6 Å². The van der Waals surface area contributed by atoms with Crippen LogP contribution < -0.4 is 20.7 Å². The van der Waals surface area contributed by atoms with Gasteiger partial charge in [-0.25, -0.2) is 4.79 Å². The summed E-state index contributed by atoms with van der Waals surface area (Å²) in [6.45, 7) is 3.26. The minimum absolute atomic E-state index is 0.349. The fourth-order valence-corrected chi connectivity index (χ4v) is 1.69. The molecule has 0 aliphatic heterocycles. The number of imide groups is 1. The molecule has 1 unspecified atom stereocenters. The number of hydrogen-bond acceptors (Lipinski definition) is 6. The molecule has 1 atom stereocenters. The lowest BCUT2D eigenvalue weighted by atomic mass is 10.2. The molecule has 0 saturated heterocycles. The summed E-state index contributed by atoms with van der Waals surface area (Å²) in [5.41, 5.74) is 0.349. The maximum atomic E-state index is 11.9. The number of nitrogens with one attached hydrogen (secondary N) is 3. The molecule has 1 aromatic carbocycles. The molecule has 1 rings (SSSR count). The molecular weight excluding hydrogens is 330 g/mol. The monoisotopic (exact) mass is 351 g/mol. The Morgan fingerprint density at radius 2 is 1.76 bits per heavy atom. The lowest BCUT2D eigenvalue weighted by molar-refractivity contribution is -0.153. The van der Waals surface area contributed by atoms with Crippen LogP contribution in [0.3, 0.4) is 0 Å². The predicted octanol–water partition coefficient (Wildman–Crippen LogP) is 0.202. The summed E-state index contributed by atoms with van der Waals surface area (Å²) in [5.74, 6) is -1.42. The van der Waals surface area contributed by atoms with E-state index in [9.17, 15) is 19.2 Å². The van der Waals surface area contributed by atoms with E-state index in [0.29, 0.717) is 17.9 Å². The summed E-state index contributed by atoms with van der Waals surface area (Å²) in [7, 11) is 1.34. The number of carbonyl (C=O) groups excluding carboxylic acids is 4. The molecule has 0 bridgehead atoms. The second kappa shape index (κ2) is 9.91. The van der Waals surface area contributed by atoms with Crippen molar-refractivity contribution in [3.8, 4) is 5.75 Å². The lowest BCUT2D eigenvalue weighted by Gasteiger charge is -2.13. The Bertz CT molecular complexity index is 629. The zero-order valence-electron chi connectivity index (χ0n) is 14.3. The Kier molecular flexibility index (Phi) is 7.91. The molecule has 0 aliphatic carbocycles. The van der Waals surface area contributed by atoms with E-state index < -0.39 is 36.5 Å². The molecule has 4 amide bonds. The Morgan fingerprint density at radius 3 is 2.32 bits per heavy atom. The summed E-state index contributed by atoms with van der Waals surface area (Å²) in [6.07, 6.45) is -1.17. The third kappa shape index (κ3) is 6.90. The second-order valence-electron chi connectivity index (χ2n) is 4.84. The van der Waals surface area contributed by atoms with E-state index in [1.165, 1.54) is 14.0 Å². The second-order valence-corrected chi connectivity index (χ2v) is 4.84. The number of esters is 1. The minimum Gasteiger partial charge on any atom is -0.494 e. The molecule has 0 fully saturated rings. The molecule has 1 aromatic rings. The van der Waals surface area contributed by atoms with Gasteiger partial charge < -0.3 is 20.1 Å². The van der Waals surface area contributed by atoms with E-state index in [2.05, 4.69) is 10.6 Å². The van der Waals surface area contributed by atoms with E-state index in [1.807, 2.05) is 12.2 Å². The van der Waals surface area contributed by atoms with Gasteiger partial charge in [-0.2, -0.15) is 0 Å². The summed E-state index contributed by atoms with van der Waals surface area (Å²) in [6, 6.07) is 5.69. The maximum absolute atomic E-state index is 11.9. The van der Waals surface area contributed by atoms with Crippen molar-refractivity contribution in [1.29, 1.82) is 0 Å². The highest BCUT2D eigenvalue weighted by atomic mass is 16.5. The van der Waals surface area contributed by atoms with E-state index in [4.69, 9.17) is 9.47 Å². The smallest absolute Gasteiger partial charge is 0.326 e. The minimum atomic E-state index is -1.17. The fourth-order valence-electron chi connectivity index (χ4n) is 1.69. The van der Waals surface area contributed by atoms with Crippen LogP contribution in [0.1, 0.15) is 24.2 Å². The summed E-state index contributed by atoms with van der Waals surface area (Å²) >= 11 is 0. The van der Waals surface area contributed by atoms with Crippen LogP contribution in [0.4, 0.5) is 4.79 Å². The van der Waals surface area contributed by atoms with E-state index in [0.717, 1.165) is 0 Å². The van der Waals surface area contributed by atoms with Crippen LogP contribution in [0.25, 0.3) is 0 Å². The first-order valence-electron chi connectivity index (χ1n) is 7.60. The Balaban J connectivity index is 2.43. The molecule has 0 radical (unpaired) electrons. The van der Waals surface area contributed by atoms with Crippen molar-refractivity contribution in [1.82, 2.24) is 16.0 Å². The first-order valence-corrected chi connectivity index (χ1v) is 7.60. The van der Waals surface area contributed by atoms with Crippen LogP contribution in [-0.2, 0) is 14.3 Å². The fraction of sp³-hybridized carbons (Fsp3) is 0.375. The number of urea groups is 1. The first-order chi connectivity index (χ1) is 11.9. The zero-order chi connectivity index (χ0) is 18.8. The largest absolute Gasteiger partial charge is 0.494 e. The number of amides is 4. The molecule has 3 N–H and O–H groups in total. The molecule has 25 heavy (non-hydrogen) atoms. The molecule has 136 valence electrons. The van der Waals surface area contributed by atoms with Gasteiger partial charge in [0.25, 0.3) is 11.8 Å². The molecule has 0 heterocycles. The van der Waals surface area contributed by atoms with E-state index in [-0.39, 0.29) is 0 Å². The first kappa shape index (κ1) is 19.9. The van der Waals surface area contributed by atoms with Crippen LogP contribution in [0.5, 0.6) is 5.75 Å². The molecular formula is C16H21N3O6. The van der Waals surface area contributed by atoms with Crippen LogP contribution >= 0.6 is 0 Å². The van der Waals surface area contributed by atoms with E-state index >= 15 is 0 Å². The van der Waals surface area contributed by atoms with Gasteiger partial charge in [-0.1, -0.05) is 0 Å². The Morgan fingerprint density at radius 1 is 1.12 bits per heavy atom. The molecule has 9 heteroatoms. The van der Waals surface area contributed by atoms with Crippen molar-refractivity contribution < 1.29 is 28.7 Å². The Hall–Kier alpha value is -3.10. The summed E-state index contributed by atoms with van der Waals surface area (Å²) < 4.78 is 10.1. The molecule has 0 spiro atoms. The maximum Gasteiger partial charge on any atom is 0.326 e. The van der Waals surface area contributed by atoms with Crippen molar-refractivity contribution in [3.63, 3.8) is 0 Å². The van der Waals surface area contributed by atoms with Gasteiger partial charge in [0.05, 0.1) is 6.61 Å². The highest BCUT2D eigenvalue weighted by molar-refractivity contribution is 5.98. The lowest BCUT2D eigenvalue weighted by Crippen LogP contribution is -2.44. The topological polar surface area (TPSA) is 123 Å². The quantitative estimate of drug-likeness (QED) is 0.603. The number of hydrogen-bond donors (Lipinski definition) is 3. The Labute approximate surface area is 145 Å². The standard InChI is InChI=1S/C16H21N3O6/c1-4-24-12-7-5-11(6-8-12)15(22)18-9-13(20)25-10(2)14(21)19-16(23)17-3/h5-8,10H,4,9H2,1-3H3,(H,18,22)(H2,17,19,21,23). The van der Waals surface area contributed by atoms with Gasteiger partial charge in [-0.15, -0.1) is 0 Å². The third-order valence-corrected chi connectivity index (χ3v) is 2.96. The third-order valence-electron chi connectivity index (χ3n) is 2.96. The van der Waals surface area contributed by atoms with Crippen molar-refractivity contribution in [2.45, 2.75) is 20.0 Å². The van der Waals surface area contributed by atoms with Crippen LogP contribution in [0, 0.1) is 0 Å². The van der Waals surface area contributed by atoms with E-state index in [1.54, 1.807) is 24.3 Å². The van der Waals surface area contributed by atoms with Crippen LogP contribution in [0.15, 0.2) is 24.3 Å².